The van der Waals surface area contributed by atoms with Gasteiger partial charge in [-0.15, -0.1) is 0 Å². The van der Waals surface area contributed by atoms with E-state index in [1.807, 2.05) is 0 Å². The number of aliphatic carboxylic acids is 1. The van der Waals surface area contributed by atoms with Crippen LogP contribution in [0.2, 0.25) is 0 Å². The van der Waals surface area contributed by atoms with E-state index in [1.165, 1.54) is 31.3 Å². The molecule has 1 amide bonds. The van der Waals surface area contributed by atoms with Crippen molar-refractivity contribution in [2.24, 2.45) is 0 Å². The van der Waals surface area contributed by atoms with Crippen LogP contribution in [0.5, 0.6) is 28.9 Å². The van der Waals surface area contributed by atoms with Crippen LogP contribution in [0, 0.1) is 5.82 Å². The number of nitrogens with zero attached hydrogens (tertiary/aromatic N) is 1. The largest absolute Gasteiger partial charge is 0.479 e. The molecule has 0 aliphatic carbocycles. The van der Waals surface area contributed by atoms with E-state index in [0.717, 1.165) is 6.07 Å². The first-order chi connectivity index (χ1) is 15.9. The predicted molar refractivity (Wildman–Crippen MR) is 112 cm³/mol. The van der Waals surface area contributed by atoms with Gasteiger partial charge in [0.05, 0.1) is 0 Å². The molecule has 1 aliphatic heterocycles. The van der Waals surface area contributed by atoms with E-state index in [0.29, 0.717) is 17.2 Å². The van der Waals surface area contributed by atoms with Crippen molar-refractivity contribution in [2.75, 3.05) is 6.79 Å². The molecule has 1 atom stereocenters. The van der Waals surface area contributed by atoms with Gasteiger partial charge in [-0.1, -0.05) is 6.07 Å². The van der Waals surface area contributed by atoms with Gasteiger partial charge in [0.15, 0.2) is 17.6 Å². The Morgan fingerprint density at radius 1 is 1.15 bits per heavy atom. The van der Waals surface area contributed by atoms with E-state index in [-0.39, 0.29) is 36.1 Å². The van der Waals surface area contributed by atoms with E-state index >= 15 is 0 Å². The molecule has 0 fully saturated rings. The molecule has 0 unspecified atom stereocenters. The number of hydrogen-bond acceptors (Lipinski definition) is 7. The fraction of sp³-hybridized carbons (Fsp3) is 0.174. The molecule has 33 heavy (non-hydrogen) atoms. The summed E-state index contributed by atoms with van der Waals surface area (Å²) in [6.07, 6.45) is 0.360. The zero-order valence-electron chi connectivity index (χ0n) is 17.4. The summed E-state index contributed by atoms with van der Waals surface area (Å²) in [4.78, 5) is 27.7. The highest BCUT2D eigenvalue weighted by Gasteiger charge is 2.18. The van der Waals surface area contributed by atoms with Crippen molar-refractivity contribution in [2.45, 2.75) is 19.6 Å². The molecule has 3 aromatic rings. The molecule has 0 saturated heterocycles. The van der Waals surface area contributed by atoms with Crippen molar-refractivity contribution in [3.05, 3.63) is 71.7 Å². The Hall–Kier alpha value is -4.34. The Balaban J connectivity index is 1.43. The SMILES string of the molecule is C[C@@H](Oc1ccc(CNC(=O)c2cccnc2Oc2ccc3c(c2)OCO3)c(F)c1)C(=O)O. The topological polar surface area (TPSA) is 116 Å². The molecule has 0 spiro atoms. The number of ether oxygens (including phenoxy) is 4. The highest BCUT2D eigenvalue weighted by atomic mass is 19.1. The van der Waals surface area contributed by atoms with Gasteiger partial charge in [-0.2, -0.15) is 0 Å². The van der Waals surface area contributed by atoms with Crippen molar-refractivity contribution >= 4 is 11.9 Å². The summed E-state index contributed by atoms with van der Waals surface area (Å²) in [5, 5.41) is 11.5. The normalized spacial score (nSPS) is 12.7. The number of amides is 1. The minimum Gasteiger partial charge on any atom is -0.479 e. The van der Waals surface area contributed by atoms with Crippen LogP contribution in [0.4, 0.5) is 4.39 Å². The number of carboxylic acids is 1. The minimum absolute atomic E-state index is 0.0701. The summed E-state index contributed by atoms with van der Waals surface area (Å²) in [5.41, 5.74) is 0.353. The van der Waals surface area contributed by atoms with Crippen molar-refractivity contribution in [3.8, 4) is 28.9 Å². The zero-order valence-corrected chi connectivity index (χ0v) is 17.4. The van der Waals surface area contributed by atoms with E-state index in [1.54, 1.807) is 24.3 Å². The summed E-state index contributed by atoms with van der Waals surface area (Å²) in [5.74, 6) is -0.658. The first kappa shape index (κ1) is 21.9. The van der Waals surface area contributed by atoms with Gasteiger partial charge < -0.3 is 29.4 Å². The Bertz CT molecular complexity index is 1200. The van der Waals surface area contributed by atoms with Crippen LogP contribution in [0.15, 0.2) is 54.7 Å². The van der Waals surface area contributed by atoms with E-state index in [2.05, 4.69) is 10.3 Å². The molecule has 10 heteroatoms. The average Bonchev–Trinajstić information content (AvgIpc) is 3.26. The lowest BCUT2D eigenvalue weighted by molar-refractivity contribution is -0.144. The van der Waals surface area contributed by atoms with Crippen molar-refractivity contribution in [1.82, 2.24) is 10.3 Å². The Labute approximate surface area is 187 Å². The second kappa shape index (κ2) is 9.43. The van der Waals surface area contributed by atoms with Crippen LogP contribution in [0.1, 0.15) is 22.8 Å². The molecule has 2 heterocycles. The van der Waals surface area contributed by atoms with E-state index in [9.17, 15) is 14.0 Å². The van der Waals surface area contributed by atoms with E-state index < -0.39 is 23.8 Å². The average molecular weight is 454 g/mol. The molecule has 1 aliphatic rings. The molecule has 0 radical (unpaired) electrons. The van der Waals surface area contributed by atoms with Crippen LogP contribution >= 0.6 is 0 Å². The number of carboxylic acid groups (broad SMARTS) is 1. The van der Waals surface area contributed by atoms with Crippen LogP contribution in [-0.2, 0) is 11.3 Å². The number of hydrogen-bond donors (Lipinski definition) is 2. The van der Waals surface area contributed by atoms with Crippen LogP contribution in [0.3, 0.4) is 0 Å². The molecule has 4 rings (SSSR count). The third-order valence-electron chi connectivity index (χ3n) is 4.70. The van der Waals surface area contributed by atoms with Gasteiger partial charge in [0, 0.05) is 30.4 Å². The lowest BCUT2D eigenvalue weighted by atomic mass is 10.2. The molecule has 0 bridgehead atoms. The zero-order chi connectivity index (χ0) is 23.4. The van der Waals surface area contributed by atoms with Crippen LogP contribution in [-0.4, -0.2) is 34.9 Å². The summed E-state index contributed by atoms with van der Waals surface area (Å²) in [6, 6.07) is 12.0. The van der Waals surface area contributed by atoms with Gasteiger partial charge in [0.2, 0.25) is 12.7 Å². The Kier molecular flexibility index (Phi) is 6.25. The van der Waals surface area contributed by atoms with Gasteiger partial charge in [-0.25, -0.2) is 14.2 Å². The predicted octanol–water partition coefficient (Wildman–Crippen LogP) is 3.52. The monoisotopic (exact) mass is 454 g/mol. The molecular weight excluding hydrogens is 435 g/mol. The van der Waals surface area contributed by atoms with E-state index in [4.69, 9.17) is 24.1 Å². The maximum absolute atomic E-state index is 14.4. The number of aromatic nitrogens is 1. The third-order valence-corrected chi connectivity index (χ3v) is 4.70. The lowest BCUT2D eigenvalue weighted by Crippen LogP contribution is -2.24. The van der Waals surface area contributed by atoms with Crippen LogP contribution in [0.25, 0.3) is 0 Å². The number of halogens is 1. The van der Waals surface area contributed by atoms with Gasteiger partial charge in [0.25, 0.3) is 5.91 Å². The maximum Gasteiger partial charge on any atom is 0.344 e. The standard InChI is InChI=1S/C23H19FN2O7/c1-13(23(28)29)32-15-5-4-14(18(24)9-15)11-26-21(27)17-3-2-8-25-22(17)33-16-6-7-19-20(10-16)31-12-30-19/h2-10,13H,11-12H2,1H3,(H,26,27)(H,28,29)/t13-/m1/s1. The smallest absolute Gasteiger partial charge is 0.344 e. The number of pyridine rings is 1. The van der Waals surface area contributed by atoms with Crippen molar-refractivity contribution in [3.63, 3.8) is 0 Å². The highest BCUT2D eigenvalue weighted by molar-refractivity contribution is 5.96. The van der Waals surface area contributed by atoms with Crippen LogP contribution < -0.4 is 24.3 Å². The molecule has 0 saturated carbocycles. The number of carbonyl (C=O) groups is 2. The summed E-state index contributed by atoms with van der Waals surface area (Å²) < 4.78 is 35.9. The Morgan fingerprint density at radius 3 is 2.73 bits per heavy atom. The summed E-state index contributed by atoms with van der Waals surface area (Å²) in [6.45, 7) is 1.35. The van der Waals surface area contributed by atoms with Crippen molar-refractivity contribution in [1.29, 1.82) is 0 Å². The fourth-order valence-electron chi connectivity index (χ4n) is 2.97. The number of nitrogens with one attached hydrogen (secondary N) is 1. The minimum atomic E-state index is -1.16. The van der Waals surface area contributed by atoms with Crippen molar-refractivity contribution < 1.29 is 38.0 Å². The second-order valence-electron chi connectivity index (χ2n) is 7.01. The number of benzene rings is 2. The number of fused-ring (bicyclic) bond motifs is 1. The molecule has 2 aromatic carbocycles. The first-order valence-electron chi connectivity index (χ1n) is 9.89. The maximum atomic E-state index is 14.4. The lowest BCUT2D eigenvalue weighted by Gasteiger charge is -2.13. The molecule has 9 nitrogen and oxygen atoms in total. The quantitative estimate of drug-likeness (QED) is 0.531. The molecular formula is C23H19FN2O7. The molecule has 2 N–H and O–H groups in total. The second-order valence-corrected chi connectivity index (χ2v) is 7.01. The summed E-state index contributed by atoms with van der Waals surface area (Å²) in [7, 11) is 0. The number of rotatable bonds is 8. The van der Waals surface area contributed by atoms with Gasteiger partial charge in [-0.3, -0.25) is 4.79 Å². The number of carbonyl (C=O) groups excluding carboxylic acids is 1. The molecule has 1 aromatic heterocycles. The summed E-state index contributed by atoms with van der Waals surface area (Å²) >= 11 is 0. The highest BCUT2D eigenvalue weighted by Crippen LogP contribution is 2.36. The Morgan fingerprint density at radius 2 is 1.94 bits per heavy atom. The first-order valence-corrected chi connectivity index (χ1v) is 9.89. The molecule has 170 valence electrons. The van der Waals surface area contributed by atoms with Gasteiger partial charge in [-0.05, 0) is 37.3 Å². The third kappa shape index (κ3) is 5.12. The fourth-order valence-corrected chi connectivity index (χ4v) is 2.97. The van der Waals surface area contributed by atoms with Gasteiger partial charge >= 0.3 is 5.97 Å². The van der Waals surface area contributed by atoms with Gasteiger partial charge in [0.1, 0.15) is 22.9 Å².